The number of rotatable bonds is 7. The van der Waals surface area contributed by atoms with Gasteiger partial charge in [0.1, 0.15) is 12.1 Å². The van der Waals surface area contributed by atoms with Crippen LogP contribution in [0.5, 0.6) is 5.75 Å². The number of hydrogen-bond acceptors (Lipinski definition) is 7. The van der Waals surface area contributed by atoms with Gasteiger partial charge in [-0.05, 0) is 55.8 Å². The minimum absolute atomic E-state index is 0.265. The maximum Gasteiger partial charge on any atom is 0.573 e. The van der Waals surface area contributed by atoms with Gasteiger partial charge in [-0.1, -0.05) is 0 Å². The van der Waals surface area contributed by atoms with E-state index >= 15 is 0 Å². The van der Waals surface area contributed by atoms with Gasteiger partial charge in [0.25, 0.3) is 0 Å². The van der Waals surface area contributed by atoms with Gasteiger partial charge in [-0.2, -0.15) is 0 Å². The van der Waals surface area contributed by atoms with Gasteiger partial charge in [0.15, 0.2) is 0 Å². The number of nitrogens with zero attached hydrogens (tertiary/aromatic N) is 3. The standard InChI is InChI=1S/C23H24F3N5O2/c1-27-22(6-8-32-9-7-22)21-20(17-13-28-15-29-14-17)10-16(12-31-21)11-30-18-2-4-19(5-3-18)33-23(24,25)26/h2-5,10,12-15,27,30H,6-9,11H2,1H3. The highest BCUT2D eigenvalue weighted by molar-refractivity contribution is 5.66. The normalized spacial score (nSPS) is 15.8. The number of hydrogen-bond donors (Lipinski definition) is 2. The van der Waals surface area contributed by atoms with E-state index in [4.69, 9.17) is 9.72 Å². The molecule has 1 aromatic carbocycles. The molecule has 0 atom stereocenters. The molecule has 1 fully saturated rings. The highest BCUT2D eigenvalue weighted by Gasteiger charge is 2.36. The first-order valence-corrected chi connectivity index (χ1v) is 10.5. The van der Waals surface area contributed by atoms with Gasteiger partial charge in [-0.3, -0.25) is 4.98 Å². The summed E-state index contributed by atoms with van der Waals surface area (Å²) in [4.78, 5) is 13.2. The second kappa shape index (κ2) is 9.72. The van der Waals surface area contributed by atoms with Gasteiger partial charge in [0, 0.05) is 55.2 Å². The molecule has 1 saturated heterocycles. The van der Waals surface area contributed by atoms with E-state index in [2.05, 4.69) is 25.3 Å². The molecule has 3 aromatic rings. The number of anilines is 1. The van der Waals surface area contributed by atoms with Crippen LogP contribution in [0.2, 0.25) is 0 Å². The fourth-order valence-corrected chi connectivity index (χ4v) is 3.95. The van der Waals surface area contributed by atoms with Gasteiger partial charge in [-0.15, -0.1) is 13.2 Å². The Kier molecular flexibility index (Phi) is 6.75. The lowest BCUT2D eigenvalue weighted by Crippen LogP contribution is -2.45. The second-order valence-corrected chi connectivity index (χ2v) is 7.74. The molecule has 1 aliphatic heterocycles. The highest BCUT2D eigenvalue weighted by Crippen LogP contribution is 2.37. The maximum atomic E-state index is 12.3. The van der Waals surface area contributed by atoms with Crippen molar-refractivity contribution in [1.29, 1.82) is 0 Å². The molecule has 0 spiro atoms. The summed E-state index contributed by atoms with van der Waals surface area (Å²) >= 11 is 0. The Balaban J connectivity index is 1.57. The van der Waals surface area contributed by atoms with E-state index in [1.54, 1.807) is 12.4 Å². The van der Waals surface area contributed by atoms with Crippen molar-refractivity contribution in [2.45, 2.75) is 31.3 Å². The van der Waals surface area contributed by atoms with E-state index in [1.165, 1.54) is 30.6 Å². The van der Waals surface area contributed by atoms with Crippen molar-refractivity contribution in [1.82, 2.24) is 20.3 Å². The number of aromatic nitrogens is 3. The van der Waals surface area contributed by atoms with E-state index in [0.717, 1.165) is 35.2 Å². The van der Waals surface area contributed by atoms with E-state index in [0.29, 0.717) is 25.4 Å². The Bertz CT molecular complexity index is 1060. The molecule has 7 nitrogen and oxygen atoms in total. The van der Waals surface area contributed by atoms with Crippen LogP contribution in [0.1, 0.15) is 24.1 Å². The molecule has 33 heavy (non-hydrogen) atoms. The van der Waals surface area contributed by atoms with Crippen molar-refractivity contribution in [3.63, 3.8) is 0 Å². The van der Waals surface area contributed by atoms with Crippen LogP contribution in [-0.2, 0) is 16.8 Å². The molecule has 0 amide bonds. The minimum Gasteiger partial charge on any atom is -0.406 e. The molecule has 3 heterocycles. The third-order valence-corrected chi connectivity index (χ3v) is 5.68. The Morgan fingerprint density at radius 2 is 1.76 bits per heavy atom. The first-order chi connectivity index (χ1) is 15.9. The molecule has 2 N–H and O–H groups in total. The molecule has 0 saturated carbocycles. The Labute approximate surface area is 189 Å². The predicted octanol–water partition coefficient (Wildman–Crippen LogP) is 4.27. The molecule has 10 heteroatoms. The van der Waals surface area contributed by atoms with Crippen LogP contribution in [0, 0.1) is 0 Å². The van der Waals surface area contributed by atoms with E-state index in [1.807, 2.05) is 19.3 Å². The van der Waals surface area contributed by atoms with Gasteiger partial charge < -0.3 is 20.1 Å². The summed E-state index contributed by atoms with van der Waals surface area (Å²) < 4.78 is 46.5. The molecule has 0 radical (unpaired) electrons. The summed E-state index contributed by atoms with van der Waals surface area (Å²) in [6, 6.07) is 7.65. The van der Waals surface area contributed by atoms with Gasteiger partial charge in [-0.25, -0.2) is 9.97 Å². The molecule has 174 valence electrons. The summed E-state index contributed by atoms with van der Waals surface area (Å²) in [5, 5.41) is 6.66. The number of nitrogens with one attached hydrogen (secondary N) is 2. The van der Waals surface area contributed by atoms with Crippen LogP contribution in [0.3, 0.4) is 0 Å². The lowest BCUT2D eigenvalue weighted by molar-refractivity contribution is -0.274. The van der Waals surface area contributed by atoms with Crippen LogP contribution in [0.25, 0.3) is 11.1 Å². The summed E-state index contributed by atoms with van der Waals surface area (Å²) in [7, 11) is 1.93. The molecule has 0 unspecified atom stereocenters. The van der Waals surface area contributed by atoms with Crippen LogP contribution in [-0.4, -0.2) is 41.6 Å². The molecular weight excluding hydrogens is 435 g/mol. The zero-order valence-corrected chi connectivity index (χ0v) is 18.0. The van der Waals surface area contributed by atoms with Crippen molar-refractivity contribution in [3.8, 4) is 16.9 Å². The van der Waals surface area contributed by atoms with E-state index < -0.39 is 6.36 Å². The average molecular weight is 459 g/mol. The number of halogens is 3. The van der Waals surface area contributed by atoms with Gasteiger partial charge in [0.2, 0.25) is 0 Å². The first-order valence-electron chi connectivity index (χ1n) is 10.5. The molecule has 1 aliphatic rings. The number of alkyl halides is 3. The molecule has 0 bridgehead atoms. The Morgan fingerprint density at radius 3 is 2.39 bits per heavy atom. The SMILES string of the molecule is CNC1(c2ncc(CNc3ccc(OC(F)(F)F)cc3)cc2-c2cncnc2)CCOCC1. The second-order valence-electron chi connectivity index (χ2n) is 7.74. The van der Waals surface area contributed by atoms with Gasteiger partial charge >= 0.3 is 6.36 Å². The summed E-state index contributed by atoms with van der Waals surface area (Å²) in [5.41, 5.74) is 3.96. The smallest absolute Gasteiger partial charge is 0.406 e. The Morgan fingerprint density at radius 1 is 1.06 bits per heavy atom. The van der Waals surface area contributed by atoms with Crippen molar-refractivity contribution < 1.29 is 22.6 Å². The summed E-state index contributed by atoms with van der Waals surface area (Å²) in [5.74, 6) is -0.265. The van der Waals surface area contributed by atoms with Crippen molar-refractivity contribution >= 4 is 5.69 Å². The zero-order valence-electron chi connectivity index (χ0n) is 18.0. The van der Waals surface area contributed by atoms with E-state index in [-0.39, 0.29) is 11.3 Å². The van der Waals surface area contributed by atoms with E-state index in [9.17, 15) is 13.2 Å². The van der Waals surface area contributed by atoms with Crippen LogP contribution < -0.4 is 15.4 Å². The topological polar surface area (TPSA) is 81.2 Å². The molecule has 2 aromatic heterocycles. The van der Waals surface area contributed by atoms with Gasteiger partial charge in [0.05, 0.1) is 11.2 Å². The number of benzene rings is 1. The zero-order chi connectivity index (χ0) is 23.3. The highest BCUT2D eigenvalue weighted by atomic mass is 19.4. The van der Waals surface area contributed by atoms with Crippen molar-refractivity contribution in [2.24, 2.45) is 0 Å². The summed E-state index contributed by atoms with van der Waals surface area (Å²) in [6.07, 6.45) is 3.68. The molecule has 4 rings (SSSR count). The third-order valence-electron chi connectivity index (χ3n) is 5.68. The third kappa shape index (κ3) is 5.58. The first kappa shape index (κ1) is 22.9. The monoisotopic (exact) mass is 459 g/mol. The number of ether oxygens (including phenoxy) is 2. The van der Waals surface area contributed by atoms with Crippen LogP contribution in [0.4, 0.5) is 18.9 Å². The maximum absolute atomic E-state index is 12.3. The molecular formula is C23H24F3N5O2. The number of pyridine rings is 1. The van der Waals surface area contributed by atoms with Crippen LogP contribution >= 0.6 is 0 Å². The lowest BCUT2D eigenvalue weighted by Gasteiger charge is -2.37. The van der Waals surface area contributed by atoms with Crippen molar-refractivity contribution in [2.75, 3.05) is 25.6 Å². The average Bonchev–Trinajstić information content (AvgIpc) is 2.83. The fourth-order valence-electron chi connectivity index (χ4n) is 3.95. The molecule has 0 aliphatic carbocycles. The largest absolute Gasteiger partial charge is 0.573 e. The quantitative estimate of drug-likeness (QED) is 0.546. The summed E-state index contributed by atoms with van der Waals surface area (Å²) in [6.45, 7) is 1.72. The van der Waals surface area contributed by atoms with Crippen molar-refractivity contribution in [3.05, 3.63) is 66.5 Å². The fraction of sp³-hybridized carbons (Fsp3) is 0.348. The van der Waals surface area contributed by atoms with Crippen LogP contribution in [0.15, 0.2) is 55.2 Å². The predicted molar refractivity (Wildman–Crippen MR) is 117 cm³/mol. The lowest BCUT2D eigenvalue weighted by atomic mass is 9.82. The Hall–Kier alpha value is -3.24. The minimum atomic E-state index is -4.71.